The van der Waals surface area contributed by atoms with E-state index in [2.05, 4.69) is 18.8 Å². The first-order valence-electron chi connectivity index (χ1n) is 6.03. The number of rotatable bonds is 5. The zero-order valence-corrected chi connectivity index (χ0v) is 10.6. The third kappa shape index (κ3) is 2.46. The molecule has 0 atom stereocenters. The summed E-state index contributed by atoms with van der Waals surface area (Å²) in [6.45, 7) is 8.50. The first-order valence-corrected chi connectivity index (χ1v) is 6.03. The molecule has 1 N–H and O–H groups in total. The number of nitrogens with one attached hydrogen (secondary N) is 1. The highest BCUT2D eigenvalue weighted by atomic mass is 16.5. The molecule has 0 saturated carbocycles. The van der Waals surface area contributed by atoms with Crippen molar-refractivity contribution in [1.29, 1.82) is 0 Å². The molecule has 0 aliphatic heterocycles. The predicted octanol–water partition coefficient (Wildman–Crippen LogP) is 3.01. The van der Waals surface area contributed by atoms with Crippen LogP contribution < -0.4 is 0 Å². The standard InChI is InChI=1S/C13H21NO2/c1-5-8-11-10(6-2)9(4)14-12(11)13(15)16-7-3/h14H,5-8H2,1-4H3. The van der Waals surface area contributed by atoms with E-state index in [4.69, 9.17) is 4.74 Å². The van der Waals surface area contributed by atoms with Gasteiger partial charge in [0, 0.05) is 5.69 Å². The molecular weight excluding hydrogens is 202 g/mol. The van der Waals surface area contributed by atoms with Crippen molar-refractivity contribution in [3.05, 3.63) is 22.5 Å². The SMILES string of the molecule is CCCc1c(C(=O)OCC)[nH]c(C)c1CC. The highest BCUT2D eigenvalue weighted by molar-refractivity contribution is 5.90. The number of aromatic nitrogens is 1. The van der Waals surface area contributed by atoms with E-state index in [0.29, 0.717) is 12.3 Å². The maximum atomic E-state index is 11.8. The molecule has 0 unspecified atom stereocenters. The van der Waals surface area contributed by atoms with Crippen LogP contribution in [0.25, 0.3) is 0 Å². The molecular formula is C13H21NO2. The highest BCUT2D eigenvalue weighted by Gasteiger charge is 2.19. The van der Waals surface area contributed by atoms with Crippen molar-refractivity contribution in [3.8, 4) is 0 Å². The van der Waals surface area contributed by atoms with E-state index in [9.17, 15) is 4.79 Å². The maximum absolute atomic E-state index is 11.8. The molecule has 1 heterocycles. The molecule has 1 aromatic heterocycles. The Morgan fingerprint density at radius 3 is 2.44 bits per heavy atom. The van der Waals surface area contributed by atoms with Gasteiger partial charge < -0.3 is 9.72 Å². The number of carbonyl (C=O) groups excluding carboxylic acids is 1. The van der Waals surface area contributed by atoms with Crippen LogP contribution in [0.5, 0.6) is 0 Å². The molecule has 0 aliphatic rings. The lowest BCUT2D eigenvalue weighted by atomic mass is 10.0. The molecule has 1 aromatic rings. The normalized spacial score (nSPS) is 10.5. The van der Waals surface area contributed by atoms with Gasteiger partial charge >= 0.3 is 5.97 Å². The van der Waals surface area contributed by atoms with Crippen LogP contribution in [0.2, 0.25) is 0 Å². The first-order chi connectivity index (χ1) is 7.65. The lowest BCUT2D eigenvalue weighted by molar-refractivity contribution is 0.0519. The van der Waals surface area contributed by atoms with Crippen LogP contribution in [-0.4, -0.2) is 17.6 Å². The summed E-state index contributed by atoms with van der Waals surface area (Å²) in [6.07, 6.45) is 2.93. The minimum atomic E-state index is -0.228. The van der Waals surface area contributed by atoms with Crippen LogP contribution >= 0.6 is 0 Å². The minimum Gasteiger partial charge on any atom is -0.461 e. The molecule has 3 heteroatoms. The average molecular weight is 223 g/mol. The molecule has 16 heavy (non-hydrogen) atoms. The molecule has 0 radical (unpaired) electrons. The zero-order valence-electron chi connectivity index (χ0n) is 10.6. The number of hydrogen-bond donors (Lipinski definition) is 1. The van der Waals surface area contributed by atoms with Crippen molar-refractivity contribution in [3.63, 3.8) is 0 Å². The van der Waals surface area contributed by atoms with Crippen molar-refractivity contribution in [2.75, 3.05) is 6.61 Å². The summed E-state index contributed by atoms with van der Waals surface area (Å²) in [4.78, 5) is 14.9. The maximum Gasteiger partial charge on any atom is 0.355 e. The van der Waals surface area contributed by atoms with Gasteiger partial charge in [-0.1, -0.05) is 20.3 Å². The first kappa shape index (κ1) is 12.8. The average Bonchev–Trinajstić information content (AvgIpc) is 2.56. The predicted molar refractivity (Wildman–Crippen MR) is 64.9 cm³/mol. The Morgan fingerprint density at radius 2 is 1.94 bits per heavy atom. The number of carbonyl (C=O) groups is 1. The molecule has 1 rings (SSSR count). The van der Waals surface area contributed by atoms with Crippen molar-refractivity contribution in [2.45, 2.75) is 47.0 Å². The molecule has 0 fully saturated rings. The van der Waals surface area contributed by atoms with Gasteiger partial charge in [0.2, 0.25) is 0 Å². The number of esters is 1. The van der Waals surface area contributed by atoms with Gasteiger partial charge in [-0.25, -0.2) is 4.79 Å². The molecule has 0 spiro atoms. The van der Waals surface area contributed by atoms with Crippen molar-refractivity contribution in [2.24, 2.45) is 0 Å². The Hall–Kier alpha value is -1.25. The third-order valence-electron chi connectivity index (χ3n) is 2.76. The van der Waals surface area contributed by atoms with Crippen LogP contribution in [0.3, 0.4) is 0 Å². The summed E-state index contributed by atoms with van der Waals surface area (Å²) in [6, 6.07) is 0. The van der Waals surface area contributed by atoms with Gasteiger partial charge in [-0.05, 0) is 37.8 Å². The van der Waals surface area contributed by atoms with Gasteiger partial charge in [0.15, 0.2) is 0 Å². The van der Waals surface area contributed by atoms with Gasteiger partial charge in [0.05, 0.1) is 6.61 Å². The lowest BCUT2D eigenvalue weighted by Crippen LogP contribution is -2.08. The molecule has 0 bridgehead atoms. The van der Waals surface area contributed by atoms with Crippen LogP contribution in [0.4, 0.5) is 0 Å². The number of H-pyrrole nitrogens is 1. The fourth-order valence-electron chi connectivity index (χ4n) is 2.10. The summed E-state index contributed by atoms with van der Waals surface area (Å²) in [7, 11) is 0. The monoisotopic (exact) mass is 223 g/mol. The van der Waals surface area contributed by atoms with Crippen LogP contribution in [0, 0.1) is 6.92 Å². The molecule has 0 aliphatic carbocycles. The van der Waals surface area contributed by atoms with Crippen LogP contribution in [-0.2, 0) is 17.6 Å². The van der Waals surface area contributed by atoms with Gasteiger partial charge in [-0.15, -0.1) is 0 Å². The topological polar surface area (TPSA) is 42.1 Å². The Morgan fingerprint density at radius 1 is 1.25 bits per heavy atom. The second-order valence-electron chi connectivity index (χ2n) is 3.91. The minimum absolute atomic E-state index is 0.228. The molecule has 90 valence electrons. The van der Waals surface area contributed by atoms with E-state index >= 15 is 0 Å². The van der Waals surface area contributed by atoms with E-state index in [-0.39, 0.29) is 5.97 Å². The number of aryl methyl sites for hydroxylation is 1. The largest absolute Gasteiger partial charge is 0.461 e. The Labute approximate surface area is 97.2 Å². The molecule has 3 nitrogen and oxygen atoms in total. The smallest absolute Gasteiger partial charge is 0.355 e. The quantitative estimate of drug-likeness (QED) is 0.780. The van der Waals surface area contributed by atoms with Crippen molar-refractivity contribution >= 4 is 5.97 Å². The van der Waals surface area contributed by atoms with E-state index in [1.165, 1.54) is 5.56 Å². The van der Waals surface area contributed by atoms with Crippen molar-refractivity contribution in [1.82, 2.24) is 4.98 Å². The molecule has 0 aromatic carbocycles. The summed E-state index contributed by atoms with van der Waals surface area (Å²) in [5.74, 6) is -0.228. The molecule has 0 amide bonds. The fourth-order valence-corrected chi connectivity index (χ4v) is 2.10. The molecule has 0 saturated heterocycles. The van der Waals surface area contributed by atoms with Gasteiger partial charge in [0.1, 0.15) is 5.69 Å². The Kier molecular flexibility index (Phi) is 4.59. The summed E-state index contributed by atoms with van der Waals surface area (Å²) >= 11 is 0. The van der Waals surface area contributed by atoms with Crippen molar-refractivity contribution < 1.29 is 9.53 Å². The van der Waals surface area contributed by atoms with E-state index in [0.717, 1.165) is 30.5 Å². The fraction of sp³-hybridized carbons (Fsp3) is 0.615. The number of aromatic amines is 1. The van der Waals surface area contributed by atoms with Crippen LogP contribution in [0.1, 0.15) is 54.5 Å². The van der Waals surface area contributed by atoms with Gasteiger partial charge in [0.25, 0.3) is 0 Å². The highest BCUT2D eigenvalue weighted by Crippen LogP contribution is 2.21. The summed E-state index contributed by atoms with van der Waals surface area (Å²) < 4.78 is 5.06. The second-order valence-corrected chi connectivity index (χ2v) is 3.91. The summed E-state index contributed by atoms with van der Waals surface area (Å²) in [5, 5.41) is 0. The third-order valence-corrected chi connectivity index (χ3v) is 2.76. The van der Waals surface area contributed by atoms with E-state index in [1.54, 1.807) is 0 Å². The van der Waals surface area contributed by atoms with E-state index in [1.807, 2.05) is 13.8 Å². The lowest BCUT2D eigenvalue weighted by Gasteiger charge is -2.04. The zero-order chi connectivity index (χ0) is 12.1. The van der Waals surface area contributed by atoms with E-state index < -0.39 is 0 Å². The summed E-state index contributed by atoms with van der Waals surface area (Å²) in [5.41, 5.74) is 4.15. The van der Waals surface area contributed by atoms with Crippen LogP contribution in [0.15, 0.2) is 0 Å². The number of hydrogen-bond acceptors (Lipinski definition) is 2. The second kappa shape index (κ2) is 5.73. The Balaban J connectivity index is 3.11. The Bertz CT molecular complexity index is 366. The van der Waals surface area contributed by atoms with Gasteiger partial charge in [-0.3, -0.25) is 0 Å². The number of ether oxygens (including phenoxy) is 1. The van der Waals surface area contributed by atoms with Gasteiger partial charge in [-0.2, -0.15) is 0 Å².